The van der Waals surface area contributed by atoms with Crippen LogP contribution in [0, 0.1) is 0 Å². The Hall–Kier alpha value is -2.08. The average Bonchev–Trinajstić information content (AvgIpc) is 3.06. The van der Waals surface area contributed by atoms with Gasteiger partial charge >= 0.3 is 5.97 Å². The monoisotopic (exact) mass is 382 g/mol. The summed E-state index contributed by atoms with van der Waals surface area (Å²) in [7, 11) is 0. The molecule has 5 nitrogen and oxygen atoms in total. The van der Waals surface area contributed by atoms with Crippen LogP contribution in [0.3, 0.4) is 0 Å². The van der Waals surface area contributed by atoms with Crippen LogP contribution in [-0.4, -0.2) is 16.2 Å². The molecule has 0 unspecified atom stereocenters. The highest BCUT2D eigenvalue weighted by molar-refractivity contribution is 6.46. The topological polar surface area (TPSA) is 65.2 Å². The van der Waals surface area contributed by atoms with E-state index in [0.29, 0.717) is 5.89 Å². The summed E-state index contributed by atoms with van der Waals surface area (Å²) in [6.45, 7) is -0.210. The van der Waals surface area contributed by atoms with Crippen molar-refractivity contribution in [2.24, 2.45) is 0 Å². The first-order valence-corrected chi connectivity index (χ1v) is 7.88. The summed E-state index contributed by atoms with van der Waals surface area (Å²) in [5.41, 5.74) is 0.761. The number of aromatic nitrogens is 2. The lowest BCUT2D eigenvalue weighted by Crippen LogP contribution is -2.07. The van der Waals surface area contributed by atoms with Gasteiger partial charge in [-0.2, -0.15) is 0 Å². The predicted octanol–water partition coefficient (Wildman–Crippen LogP) is 5.05. The lowest BCUT2D eigenvalue weighted by atomic mass is 10.2. The van der Waals surface area contributed by atoms with Gasteiger partial charge in [0, 0.05) is 5.56 Å². The Morgan fingerprint density at radius 2 is 1.71 bits per heavy atom. The van der Waals surface area contributed by atoms with E-state index < -0.39 is 5.97 Å². The van der Waals surface area contributed by atoms with E-state index in [-0.39, 0.29) is 33.1 Å². The minimum atomic E-state index is -0.730. The standard InChI is InChI=1S/C16H9Cl3N2O3/c17-10-6-7-11(18)14(19)13(10)16(22)23-8-12-20-21-15(24-12)9-4-2-1-3-5-9/h1-7H,8H2. The second-order valence-corrected chi connectivity index (χ2v) is 5.85. The second-order valence-electron chi connectivity index (χ2n) is 4.66. The smallest absolute Gasteiger partial charge is 0.341 e. The Labute approximate surface area is 152 Å². The van der Waals surface area contributed by atoms with Crippen molar-refractivity contribution in [3.63, 3.8) is 0 Å². The number of hydrogen-bond acceptors (Lipinski definition) is 5. The van der Waals surface area contributed by atoms with Crippen molar-refractivity contribution in [1.82, 2.24) is 10.2 Å². The highest BCUT2D eigenvalue weighted by Gasteiger charge is 2.20. The van der Waals surface area contributed by atoms with Gasteiger partial charge in [-0.1, -0.05) is 53.0 Å². The molecule has 3 rings (SSSR count). The maximum atomic E-state index is 12.1. The van der Waals surface area contributed by atoms with Gasteiger partial charge in [0.1, 0.15) is 0 Å². The van der Waals surface area contributed by atoms with Crippen molar-refractivity contribution in [3.05, 3.63) is 69.0 Å². The van der Waals surface area contributed by atoms with Crippen molar-refractivity contribution in [2.75, 3.05) is 0 Å². The summed E-state index contributed by atoms with van der Waals surface area (Å²) in [6.07, 6.45) is 0. The molecule has 0 radical (unpaired) electrons. The number of ether oxygens (including phenoxy) is 1. The fourth-order valence-electron chi connectivity index (χ4n) is 1.92. The zero-order valence-electron chi connectivity index (χ0n) is 12.0. The van der Waals surface area contributed by atoms with E-state index in [0.717, 1.165) is 5.56 Å². The van der Waals surface area contributed by atoms with Gasteiger partial charge in [0.05, 0.1) is 20.6 Å². The minimum absolute atomic E-state index is 0.00590. The quantitative estimate of drug-likeness (QED) is 0.466. The average molecular weight is 384 g/mol. The fraction of sp³-hybridized carbons (Fsp3) is 0.0625. The zero-order valence-corrected chi connectivity index (χ0v) is 14.3. The summed E-state index contributed by atoms with van der Waals surface area (Å²) in [4.78, 5) is 12.1. The number of esters is 1. The summed E-state index contributed by atoms with van der Waals surface area (Å²) < 4.78 is 10.6. The molecule has 0 saturated heterocycles. The molecule has 8 heteroatoms. The van der Waals surface area contributed by atoms with Crippen LogP contribution in [0.1, 0.15) is 16.2 Å². The van der Waals surface area contributed by atoms with Crippen LogP contribution in [0.4, 0.5) is 0 Å². The fourth-order valence-corrected chi connectivity index (χ4v) is 2.61. The molecule has 0 spiro atoms. The molecule has 24 heavy (non-hydrogen) atoms. The van der Waals surface area contributed by atoms with E-state index in [9.17, 15) is 4.79 Å². The van der Waals surface area contributed by atoms with Crippen LogP contribution in [0.15, 0.2) is 46.9 Å². The minimum Gasteiger partial charge on any atom is -0.452 e. The van der Waals surface area contributed by atoms with Crippen LogP contribution in [0.25, 0.3) is 11.5 Å². The van der Waals surface area contributed by atoms with Crippen molar-refractivity contribution < 1.29 is 13.9 Å². The Kier molecular flexibility index (Phi) is 5.04. The lowest BCUT2D eigenvalue weighted by molar-refractivity contribution is 0.0439. The molecule has 0 aliphatic rings. The maximum absolute atomic E-state index is 12.1. The van der Waals surface area contributed by atoms with Gasteiger partial charge in [-0.05, 0) is 24.3 Å². The molecule has 0 aliphatic heterocycles. The molecule has 0 fully saturated rings. The van der Waals surface area contributed by atoms with Gasteiger partial charge in [0.15, 0.2) is 6.61 Å². The van der Waals surface area contributed by atoms with Crippen molar-refractivity contribution in [1.29, 1.82) is 0 Å². The van der Waals surface area contributed by atoms with Crippen LogP contribution in [0.5, 0.6) is 0 Å². The van der Waals surface area contributed by atoms with Crippen LogP contribution in [0.2, 0.25) is 15.1 Å². The molecule has 1 aromatic heterocycles. The molecule has 0 aliphatic carbocycles. The Morgan fingerprint density at radius 1 is 1.00 bits per heavy atom. The molecule has 2 aromatic carbocycles. The Bertz CT molecular complexity index is 882. The third kappa shape index (κ3) is 3.53. The predicted molar refractivity (Wildman–Crippen MR) is 90.3 cm³/mol. The summed E-state index contributed by atoms with van der Waals surface area (Å²) in [5.74, 6) is -0.246. The van der Waals surface area contributed by atoms with E-state index >= 15 is 0 Å². The normalized spacial score (nSPS) is 10.6. The van der Waals surface area contributed by atoms with Crippen LogP contribution < -0.4 is 0 Å². The van der Waals surface area contributed by atoms with E-state index in [1.54, 1.807) is 0 Å². The lowest BCUT2D eigenvalue weighted by Gasteiger charge is -2.07. The van der Waals surface area contributed by atoms with E-state index in [2.05, 4.69) is 10.2 Å². The van der Waals surface area contributed by atoms with Crippen LogP contribution >= 0.6 is 34.8 Å². The SMILES string of the molecule is O=C(OCc1nnc(-c2ccccc2)o1)c1c(Cl)ccc(Cl)c1Cl. The van der Waals surface area contributed by atoms with Gasteiger partial charge in [0.2, 0.25) is 5.89 Å². The van der Waals surface area contributed by atoms with E-state index in [1.807, 2.05) is 30.3 Å². The van der Waals surface area contributed by atoms with Crippen LogP contribution in [-0.2, 0) is 11.3 Å². The van der Waals surface area contributed by atoms with Gasteiger partial charge < -0.3 is 9.15 Å². The molecule has 3 aromatic rings. The first-order valence-electron chi connectivity index (χ1n) is 6.74. The van der Waals surface area contributed by atoms with Crippen molar-refractivity contribution in [3.8, 4) is 11.5 Å². The highest BCUT2D eigenvalue weighted by Crippen LogP contribution is 2.32. The molecule has 0 atom stereocenters. The Morgan fingerprint density at radius 3 is 2.46 bits per heavy atom. The van der Waals surface area contributed by atoms with Gasteiger partial charge in [-0.25, -0.2) is 4.79 Å². The number of benzene rings is 2. The van der Waals surface area contributed by atoms with Crippen molar-refractivity contribution in [2.45, 2.75) is 6.61 Å². The Balaban J connectivity index is 1.72. The first-order chi connectivity index (χ1) is 11.6. The number of halogens is 3. The number of nitrogens with zero attached hydrogens (tertiary/aromatic N) is 2. The van der Waals surface area contributed by atoms with E-state index in [4.69, 9.17) is 44.0 Å². The summed E-state index contributed by atoms with van der Waals surface area (Å²) in [5, 5.41) is 8.12. The van der Waals surface area contributed by atoms with Gasteiger partial charge in [-0.3, -0.25) is 0 Å². The van der Waals surface area contributed by atoms with Gasteiger partial charge in [0.25, 0.3) is 5.89 Å². The molecular formula is C16H9Cl3N2O3. The number of carbonyl (C=O) groups excluding carboxylic acids is 1. The highest BCUT2D eigenvalue weighted by atomic mass is 35.5. The summed E-state index contributed by atoms with van der Waals surface area (Å²) in [6, 6.07) is 12.2. The number of hydrogen-bond donors (Lipinski definition) is 0. The van der Waals surface area contributed by atoms with E-state index in [1.165, 1.54) is 12.1 Å². The van der Waals surface area contributed by atoms with Gasteiger partial charge in [-0.15, -0.1) is 10.2 Å². The molecule has 0 saturated carbocycles. The third-order valence-corrected chi connectivity index (χ3v) is 4.18. The molecule has 0 amide bonds. The number of rotatable bonds is 4. The molecular weight excluding hydrogens is 375 g/mol. The zero-order chi connectivity index (χ0) is 17.1. The number of carbonyl (C=O) groups is 1. The third-order valence-electron chi connectivity index (χ3n) is 3.06. The van der Waals surface area contributed by atoms with Crippen molar-refractivity contribution >= 4 is 40.8 Å². The largest absolute Gasteiger partial charge is 0.452 e. The second kappa shape index (κ2) is 7.21. The summed E-state index contributed by atoms with van der Waals surface area (Å²) >= 11 is 17.8. The maximum Gasteiger partial charge on any atom is 0.341 e. The molecule has 0 N–H and O–H groups in total. The molecule has 122 valence electrons. The first kappa shape index (κ1) is 16.8. The molecule has 0 bridgehead atoms. The molecule has 1 heterocycles.